The maximum absolute atomic E-state index is 5.36. The molecule has 0 saturated heterocycles. The van der Waals surface area contributed by atoms with E-state index in [2.05, 4.69) is 19.2 Å². The van der Waals surface area contributed by atoms with Crippen LogP contribution in [0.2, 0.25) is 0 Å². The van der Waals surface area contributed by atoms with Gasteiger partial charge in [-0.25, -0.2) is 0 Å². The van der Waals surface area contributed by atoms with Crippen LogP contribution in [0.25, 0.3) is 0 Å². The Bertz CT molecular complexity index is 187. The van der Waals surface area contributed by atoms with Crippen molar-refractivity contribution in [2.75, 3.05) is 27.4 Å². The van der Waals surface area contributed by atoms with Crippen LogP contribution in [0.4, 0.5) is 0 Å². The topological polar surface area (TPSA) is 30.5 Å². The van der Waals surface area contributed by atoms with Crippen LogP contribution < -0.4 is 5.32 Å². The minimum Gasteiger partial charge on any atom is -0.382 e. The number of ether oxygens (including phenoxy) is 2. The molecule has 1 aliphatic rings. The summed E-state index contributed by atoms with van der Waals surface area (Å²) in [5.74, 6) is 1.61. The molecule has 4 unspecified atom stereocenters. The van der Waals surface area contributed by atoms with Crippen molar-refractivity contribution in [3.05, 3.63) is 0 Å². The summed E-state index contributed by atoms with van der Waals surface area (Å²) in [7, 11) is 3.47. The summed E-state index contributed by atoms with van der Waals surface area (Å²) < 4.78 is 10.5. The fourth-order valence-electron chi connectivity index (χ4n) is 2.55. The van der Waals surface area contributed by atoms with Crippen molar-refractivity contribution in [3.63, 3.8) is 0 Å². The summed E-state index contributed by atoms with van der Waals surface area (Å²) in [6, 6.07) is 0.651. The van der Waals surface area contributed by atoms with E-state index in [-0.39, 0.29) is 6.10 Å². The second kappa shape index (κ2) is 7.25. The number of nitrogens with one attached hydrogen (secondary N) is 1. The maximum atomic E-state index is 5.36. The van der Waals surface area contributed by atoms with E-state index in [4.69, 9.17) is 9.47 Å². The second-order valence-corrected chi connectivity index (χ2v) is 5.10. The van der Waals surface area contributed by atoms with E-state index in [1.807, 2.05) is 0 Å². The fraction of sp³-hybridized carbons (Fsp3) is 1.00. The standard InChI is InChI=1S/C13H27NO2/c1-10-6-5-7-13(11(10)2)14-8-12(16-4)9-15-3/h10-14H,5-9H2,1-4H3. The smallest absolute Gasteiger partial charge is 0.0928 e. The first kappa shape index (κ1) is 13.9. The molecule has 3 nitrogen and oxygen atoms in total. The first-order valence-corrected chi connectivity index (χ1v) is 6.44. The minimum absolute atomic E-state index is 0.175. The summed E-state index contributed by atoms with van der Waals surface area (Å²) in [5, 5.41) is 3.63. The molecule has 0 aromatic carbocycles. The maximum Gasteiger partial charge on any atom is 0.0928 e. The van der Waals surface area contributed by atoms with E-state index in [1.54, 1.807) is 14.2 Å². The lowest BCUT2D eigenvalue weighted by molar-refractivity contribution is 0.0242. The third-order valence-electron chi connectivity index (χ3n) is 4.00. The Labute approximate surface area is 99.9 Å². The summed E-state index contributed by atoms with van der Waals surface area (Å²) in [6.45, 7) is 6.29. The lowest BCUT2D eigenvalue weighted by atomic mass is 9.78. The Balaban J connectivity index is 2.29. The predicted octanol–water partition coefficient (Wildman–Crippen LogP) is 2.06. The van der Waals surface area contributed by atoms with Crippen LogP contribution in [0, 0.1) is 11.8 Å². The Kier molecular flexibility index (Phi) is 6.32. The van der Waals surface area contributed by atoms with Crippen molar-refractivity contribution < 1.29 is 9.47 Å². The number of rotatable bonds is 6. The molecule has 1 fully saturated rings. The predicted molar refractivity (Wildman–Crippen MR) is 66.6 cm³/mol. The van der Waals surface area contributed by atoms with Crippen molar-refractivity contribution in [2.24, 2.45) is 11.8 Å². The zero-order chi connectivity index (χ0) is 12.0. The molecular formula is C13H27NO2. The highest BCUT2D eigenvalue weighted by atomic mass is 16.5. The van der Waals surface area contributed by atoms with Crippen molar-refractivity contribution in [1.29, 1.82) is 0 Å². The van der Waals surface area contributed by atoms with Gasteiger partial charge in [0, 0.05) is 26.8 Å². The molecule has 96 valence electrons. The molecule has 4 atom stereocenters. The van der Waals surface area contributed by atoms with Crippen LogP contribution in [-0.4, -0.2) is 39.5 Å². The third kappa shape index (κ3) is 4.04. The van der Waals surface area contributed by atoms with Gasteiger partial charge in [0.2, 0.25) is 0 Å². The van der Waals surface area contributed by atoms with Gasteiger partial charge in [0.25, 0.3) is 0 Å². The van der Waals surface area contributed by atoms with Gasteiger partial charge in [-0.05, 0) is 18.3 Å². The van der Waals surface area contributed by atoms with Crippen molar-refractivity contribution >= 4 is 0 Å². The molecule has 1 N–H and O–H groups in total. The Morgan fingerprint density at radius 1 is 1.25 bits per heavy atom. The third-order valence-corrected chi connectivity index (χ3v) is 4.00. The van der Waals surface area contributed by atoms with Crippen LogP contribution in [0.1, 0.15) is 33.1 Å². The summed E-state index contributed by atoms with van der Waals surface area (Å²) in [4.78, 5) is 0. The number of hydrogen-bond acceptors (Lipinski definition) is 3. The first-order valence-electron chi connectivity index (χ1n) is 6.44. The monoisotopic (exact) mass is 229 g/mol. The molecule has 0 heterocycles. The highest BCUT2D eigenvalue weighted by molar-refractivity contribution is 4.82. The molecular weight excluding hydrogens is 202 g/mol. The molecule has 0 aromatic heterocycles. The fourth-order valence-corrected chi connectivity index (χ4v) is 2.55. The Morgan fingerprint density at radius 3 is 2.62 bits per heavy atom. The molecule has 0 amide bonds. The molecule has 0 aromatic rings. The zero-order valence-electron chi connectivity index (χ0n) is 11.2. The van der Waals surface area contributed by atoms with E-state index in [1.165, 1.54) is 19.3 Å². The number of methoxy groups -OCH3 is 2. The van der Waals surface area contributed by atoms with Crippen molar-refractivity contribution in [2.45, 2.75) is 45.3 Å². The van der Waals surface area contributed by atoms with Crippen molar-refractivity contribution in [1.82, 2.24) is 5.32 Å². The highest BCUT2D eigenvalue weighted by Gasteiger charge is 2.26. The molecule has 0 spiro atoms. The van der Waals surface area contributed by atoms with Gasteiger partial charge < -0.3 is 14.8 Å². The molecule has 1 saturated carbocycles. The van der Waals surface area contributed by atoms with Crippen LogP contribution >= 0.6 is 0 Å². The van der Waals surface area contributed by atoms with Gasteiger partial charge in [-0.1, -0.05) is 26.7 Å². The number of hydrogen-bond donors (Lipinski definition) is 1. The van der Waals surface area contributed by atoms with E-state index < -0.39 is 0 Å². The van der Waals surface area contributed by atoms with Crippen LogP contribution in [0.5, 0.6) is 0 Å². The Morgan fingerprint density at radius 2 is 2.00 bits per heavy atom. The largest absolute Gasteiger partial charge is 0.382 e. The van der Waals surface area contributed by atoms with E-state index in [0.717, 1.165) is 18.4 Å². The SMILES string of the molecule is COCC(CNC1CCCC(C)C1C)OC. The molecule has 1 aliphatic carbocycles. The van der Waals surface area contributed by atoms with E-state index in [0.29, 0.717) is 12.6 Å². The average molecular weight is 229 g/mol. The van der Waals surface area contributed by atoms with Gasteiger partial charge in [0.15, 0.2) is 0 Å². The molecule has 0 bridgehead atoms. The van der Waals surface area contributed by atoms with Gasteiger partial charge in [-0.15, -0.1) is 0 Å². The van der Waals surface area contributed by atoms with E-state index in [9.17, 15) is 0 Å². The van der Waals surface area contributed by atoms with Crippen LogP contribution in [-0.2, 0) is 9.47 Å². The van der Waals surface area contributed by atoms with Crippen molar-refractivity contribution in [3.8, 4) is 0 Å². The summed E-state index contributed by atoms with van der Waals surface area (Å²) in [5.41, 5.74) is 0. The highest BCUT2D eigenvalue weighted by Crippen LogP contribution is 2.29. The van der Waals surface area contributed by atoms with Crippen LogP contribution in [0.3, 0.4) is 0 Å². The molecule has 0 aliphatic heterocycles. The lowest BCUT2D eigenvalue weighted by Crippen LogP contribution is -2.44. The van der Waals surface area contributed by atoms with Gasteiger partial charge in [-0.2, -0.15) is 0 Å². The quantitative estimate of drug-likeness (QED) is 0.756. The second-order valence-electron chi connectivity index (χ2n) is 5.10. The zero-order valence-corrected chi connectivity index (χ0v) is 11.2. The van der Waals surface area contributed by atoms with E-state index >= 15 is 0 Å². The molecule has 16 heavy (non-hydrogen) atoms. The first-order chi connectivity index (χ1) is 7.69. The summed E-state index contributed by atoms with van der Waals surface area (Å²) >= 11 is 0. The minimum atomic E-state index is 0.175. The normalized spacial score (nSPS) is 32.6. The molecule has 0 radical (unpaired) electrons. The van der Waals surface area contributed by atoms with Gasteiger partial charge in [0.05, 0.1) is 12.7 Å². The Hall–Kier alpha value is -0.120. The molecule has 3 heteroatoms. The summed E-state index contributed by atoms with van der Waals surface area (Å²) in [6.07, 6.45) is 4.21. The van der Waals surface area contributed by atoms with Gasteiger partial charge in [-0.3, -0.25) is 0 Å². The molecule has 1 rings (SSSR count). The van der Waals surface area contributed by atoms with Crippen LogP contribution in [0.15, 0.2) is 0 Å². The van der Waals surface area contributed by atoms with Gasteiger partial charge in [0.1, 0.15) is 0 Å². The average Bonchev–Trinajstić information content (AvgIpc) is 2.29. The van der Waals surface area contributed by atoms with Gasteiger partial charge >= 0.3 is 0 Å². The lowest BCUT2D eigenvalue weighted by Gasteiger charge is -2.35.